The van der Waals surface area contributed by atoms with E-state index < -0.39 is 0 Å². The molecule has 0 aromatic heterocycles. The van der Waals surface area contributed by atoms with Crippen LogP contribution in [-0.4, -0.2) is 37.6 Å². The molecule has 0 bridgehead atoms. The molecule has 0 saturated carbocycles. The molecule has 3 N–H and O–H groups in total. The van der Waals surface area contributed by atoms with E-state index in [-0.39, 0.29) is 24.4 Å². The Morgan fingerprint density at radius 1 is 0.848 bits per heavy atom. The van der Waals surface area contributed by atoms with Gasteiger partial charge in [-0.25, -0.2) is 0 Å². The lowest BCUT2D eigenvalue weighted by molar-refractivity contribution is -0.114. The van der Waals surface area contributed by atoms with Crippen LogP contribution < -0.4 is 25.4 Å². The second-order valence-electron chi connectivity index (χ2n) is 7.62. The van der Waals surface area contributed by atoms with E-state index in [9.17, 15) is 9.59 Å². The van der Waals surface area contributed by atoms with E-state index in [0.717, 1.165) is 5.75 Å². The molecule has 0 fully saturated rings. The molecule has 2 amide bonds. The lowest BCUT2D eigenvalue weighted by Gasteiger charge is -2.14. The first-order valence-electron chi connectivity index (χ1n) is 10.9. The number of carbonyl (C=O) groups excluding carboxylic acids is 2. The van der Waals surface area contributed by atoms with Crippen LogP contribution in [0.25, 0.3) is 0 Å². The summed E-state index contributed by atoms with van der Waals surface area (Å²) in [5.74, 6) is 1.00. The van der Waals surface area contributed by atoms with Gasteiger partial charge >= 0.3 is 0 Å². The van der Waals surface area contributed by atoms with Gasteiger partial charge in [0.25, 0.3) is 5.91 Å². The van der Waals surface area contributed by atoms with Crippen molar-refractivity contribution >= 4 is 23.2 Å². The Balaban J connectivity index is 1.49. The highest BCUT2D eigenvalue weighted by Gasteiger charge is 2.10. The maximum absolute atomic E-state index is 12.4. The predicted molar refractivity (Wildman–Crippen MR) is 130 cm³/mol. The van der Waals surface area contributed by atoms with E-state index in [1.165, 1.54) is 0 Å². The Morgan fingerprint density at radius 3 is 2.36 bits per heavy atom. The van der Waals surface area contributed by atoms with Crippen LogP contribution in [-0.2, 0) is 4.79 Å². The summed E-state index contributed by atoms with van der Waals surface area (Å²) in [7, 11) is 0. The van der Waals surface area contributed by atoms with Crippen LogP contribution in [0.15, 0.2) is 78.9 Å². The van der Waals surface area contributed by atoms with Gasteiger partial charge in [-0.2, -0.15) is 0 Å². The van der Waals surface area contributed by atoms with Crippen molar-refractivity contribution in [1.82, 2.24) is 5.32 Å². The molecule has 0 radical (unpaired) electrons. The van der Waals surface area contributed by atoms with Crippen molar-refractivity contribution < 1.29 is 19.1 Å². The van der Waals surface area contributed by atoms with Crippen molar-refractivity contribution in [3.05, 3.63) is 84.4 Å². The number of anilines is 2. The summed E-state index contributed by atoms with van der Waals surface area (Å²) in [5, 5.41) is 8.74. The van der Waals surface area contributed by atoms with Crippen molar-refractivity contribution in [3.63, 3.8) is 0 Å². The number of nitrogens with one attached hydrogen (secondary N) is 3. The van der Waals surface area contributed by atoms with Gasteiger partial charge in [0.2, 0.25) is 5.91 Å². The minimum atomic E-state index is -0.237. The molecule has 7 nitrogen and oxygen atoms in total. The number of ether oxygens (including phenoxy) is 2. The van der Waals surface area contributed by atoms with Crippen molar-refractivity contribution in [3.8, 4) is 11.5 Å². The SMILES string of the molecule is CC(C)NC(=O)c1cccc(NC(=O)CNc2ccccc2OCCOc2ccccc2)c1. The minimum absolute atomic E-state index is 0.0344. The molecule has 3 aromatic rings. The van der Waals surface area contributed by atoms with Crippen molar-refractivity contribution in [2.24, 2.45) is 0 Å². The second kappa shape index (κ2) is 12.1. The Labute approximate surface area is 194 Å². The highest BCUT2D eigenvalue weighted by Crippen LogP contribution is 2.23. The average Bonchev–Trinajstić information content (AvgIpc) is 2.81. The number of benzene rings is 3. The van der Waals surface area contributed by atoms with E-state index in [0.29, 0.717) is 35.9 Å². The number of para-hydroxylation sites is 3. The molecule has 3 rings (SSSR count). The molecule has 0 saturated heterocycles. The minimum Gasteiger partial charge on any atom is -0.490 e. The normalized spacial score (nSPS) is 10.4. The molecule has 0 aliphatic heterocycles. The summed E-state index contributed by atoms with van der Waals surface area (Å²) in [5.41, 5.74) is 1.75. The summed E-state index contributed by atoms with van der Waals surface area (Å²) in [6, 6.07) is 23.8. The van der Waals surface area contributed by atoms with Gasteiger partial charge in [0.15, 0.2) is 0 Å². The lowest BCUT2D eigenvalue weighted by Crippen LogP contribution is -2.30. The van der Waals surface area contributed by atoms with E-state index in [1.54, 1.807) is 24.3 Å². The summed E-state index contributed by atoms with van der Waals surface area (Å²) in [6.07, 6.45) is 0. The van der Waals surface area contributed by atoms with Crippen LogP contribution in [0.2, 0.25) is 0 Å². The highest BCUT2D eigenvalue weighted by molar-refractivity contribution is 5.98. The molecule has 0 aliphatic carbocycles. The van der Waals surface area contributed by atoms with Crippen molar-refractivity contribution in [2.45, 2.75) is 19.9 Å². The van der Waals surface area contributed by atoms with Crippen LogP contribution in [0, 0.1) is 0 Å². The van der Waals surface area contributed by atoms with Crippen LogP contribution in [0.5, 0.6) is 11.5 Å². The smallest absolute Gasteiger partial charge is 0.251 e. The lowest BCUT2D eigenvalue weighted by atomic mass is 10.1. The van der Waals surface area contributed by atoms with Gasteiger partial charge in [0.1, 0.15) is 24.7 Å². The first-order valence-corrected chi connectivity index (χ1v) is 10.9. The first-order chi connectivity index (χ1) is 16.0. The van der Waals surface area contributed by atoms with E-state index in [4.69, 9.17) is 9.47 Å². The maximum atomic E-state index is 12.4. The summed E-state index contributed by atoms with van der Waals surface area (Å²) in [6.45, 7) is 4.61. The molecule has 0 heterocycles. The molecular weight excluding hydrogens is 418 g/mol. The Kier molecular flexibility index (Phi) is 8.71. The number of amides is 2. The fraction of sp³-hybridized carbons (Fsp3) is 0.231. The van der Waals surface area contributed by atoms with Gasteiger partial charge in [0, 0.05) is 17.3 Å². The zero-order valence-corrected chi connectivity index (χ0v) is 18.8. The molecule has 0 unspecified atom stereocenters. The van der Waals surface area contributed by atoms with Crippen LogP contribution >= 0.6 is 0 Å². The predicted octanol–water partition coefficient (Wildman–Crippen LogP) is 4.33. The Hall–Kier alpha value is -4.00. The molecular formula is C26H29N3O4. The number of hydrogen-bond donors (Lipinski definition) is 3. The third-order valence-corrected chi connectivity index (χ3v) is 4.51. The van der Waals surface area contributed by atoms with Crippen molar-refractivity contribution in [1.29, 1.82) is 0 Å². The molecule has 3 aromatic carbocycles. The summed E-state index contributed by atoms with van der Waals surface area (Å²) >= 11 is 0. The topological polar surface area (TPSA) is 88.7 Å². The van der Waals surface area contributed by atoms with E-state index in [2.05, 4.69) is 16.0 Å². The quantitative estimate of drug-likeness (QED) is 0.381. The molecule has 172 valence electrons. The molecule has 7 heteroatoms. The largest absolute Gasteiger partial charge is 0.490 e. The van der Waals surface area contributed by atoms with Gasteiger partial charge in [-0.05, 0) is 56.3 Å². The second-order valence-corrected chi connectivity index (χ2v) is 7.62. The fourth-order valence-electron chi connectivity index (χ4n) is 3.03. The average molecular weight is 448 g/mol. The van der Waals surface area contributed by atoms with E-state index in [1.807, 2.05) is 68.4 Å². The van der Waals surface area contributed by atoms with E-state index >= 15 is 0 Å². The Bertz CT molecular complexity index is 1050. The number of rotatable bonds is 11. The zero-order chi connectivity index (χ0) is 23.5. The van der Waals surface area contributed by atoms with Crippen LogP contribution in [0.3, 0.4) is 0 Å². The fourth-order valence-corrected chi connectivity index (χ4v) is 3.03. The van der Waals surface area contributed by atoms with Crippen molar-refractivity contribution in [2.75, 3.05) is 30.4 Å². The van der Waals surface area contributed by atoms with Gasteiger partial charge < -0.3 is 25.4 Å². The number of carbonyl (C=O) groups is 2. The van der Waals surface area contributed by atoms with Crippen LogP contribution in [0.1, 0.15) is 24.2 Å². The van der Waals surface area contributed by atoms with Gasteiger partial charge in [-0.15, -0.1) is 0 Å². The molecule has 0 aliphatic rings. The zero-order valence-electron chi connectivity index (χ0n) is 18.8. The molecule has 0 atom stereocenters. The monoisotopic (exact) mass is 447 g/mol. The number of hydrogen-bond acceptors (Lipinski definition) is 5. The summed E-state index contributed by atoms with van der Waals surface area (Å²) < 4.78 is 11.5. The van der Waals surface area contributed by atoms with Crippen LogP contribution in [0.4, 0.5) is 11.4 Å². The third-order valence-electron chi connectivity index (χ3n) is 4.51. The third kappa shape index (κ3) is 7.88. The maximum Gasteiger partial charge on any atom is 0.251 e. The molecule has 0 spiro atoms. The van der Waals surface area contributed by atoms with Gasteiger partial charge in [-0.1, -0.05) is 36.4 Å². The molecule has 33 heavy (non-hydrogen) atoms. The van der Waals surface area contributed by atoms with Gasteiger partial charge in [0.05, 0.1) is 12.2 Å². The summed E-state index contributed by atoms with van der Waals surface area (Å²) in [4.78, 5) is 24.6. The van der Waals surface area contributed by atoms with Gasteiger partial charge in [-0.3, -0.25) is 9.59 Å². The Morgan fingerprint density at radius 2 is 1.58 bits per heavy atom. The highest BCUT2D eigenvalue weighted by atomic mass is 16.5. The standard InChI is InChI=1S/C26H29N3O4/c1-19(2)28-26(31)20-9-8-10-21(17-20)29-25(30)18-27-23-13-6-7-14-24(23)33-16-15-32-22-11-4-3-5-12-22/h3-14,17,19,27H,15-16,18H2,1-2H3,(H,28,31)(H,29,30). The first kappa shape index (κ1) is 23.7.